The van der Waals surface area contributed by atoms with Gasteiger partial charge in [0.2, 0.25) is 5.91 Å². The summed E-state index contributed by atoms with van der Waals surface area (Å²) < 4.78 is 0. The highest BCUT2D eigenvalue weighted by Crippen LogP contribution is 2.33. The summed E-state index contributed by atoms with van der Waals surface area (Å²) in [5.41, 5.74) is 5.71. The maximum Gasteiger partial charge on any atom is 0.225 e. The molecule has 0 atom stereocenters. The predicted molar refractivity (Wildman–Crippen MR) is 91.1 cm³/mol. The van der Waals surface area contributed by atoms with Gasteiger partial charge in [-0.1, -0.05) is 38.4 Å². The van der Waals surface area contributed by atoms with Gasteiger partial charge in [0.1, 0.15) is 0 Å². The van der Waals surface area contributed by atoms with Gasteiger partial charge in [0.15, 0.2) is 0 Å². The SMILES string of the molecule is CCCCC1CCC(C(=O)N2CCC(C(N)=S)CC2)CC1. The molecular weight excluding hydrogens is 280 g/mol. The first-order valence-electron chi connectivity index (χ1n) is 8.70. The topological polar surface area (TPSA) is 46.3 Å². The summed E-state index contributed by atoms with van der Waals surface area (Å²) in [6.45, 7) is 3.94. The summed E-state index contributed by atoms with van der Waals surface area (Å²) in [4.78, 5) is 15.3. The van der Waals surface area contributed by atoms with Gasteiger partial charge in [-0.3, -0.25) is 4.79 Å². The van der Waals surface area contributed by atoms with Gasteiger partial charge in [0.25, 0.3) is 0 Å². The molecule has 1 heterocycles. The number of carbonyl (C=O) groups is 1. The molecule has 0 aromatic carbocycles. The zero-order valence-electron chi connectivity index (χ0n) is 13.4. The van der Waals surface area contributed by atoms with E-state index in [1.54, 1.807) is 0 Å². The van der Waals surface area contributed by atoms with Crippen LogP contribution in [0.4, 0.5) is 0 Å². The van der Waals surface area contributed by atoms with Crippen LogP contribution in [0.1, 0.15) is 64.7 Å². The third-order valence-electron chi connectivity index (χ3n) is 5.37. The van der Waals surface area contributed by atoms with Gasteiger partial charge in [0, 0.05) is 24.9 Å². The van der Waals surface area contributed by atoms with Crippen LogP contribution in [0.3, 0.4) is 0 Å². The maximum absolute atomic E-state index is 12.6. The lowest BCUT2D eigenvalue weighted by molar-refractivity contribution is -0.138. The highest BCUT2D eigenvalue weighted by molar-refractivity contribution is 7.80. The molecule has 1 amide bonds. The molecule has 1 aliphatic carbocycles. The van der Waals surface area contributed by atoms with Crippen molar-refractivity contribution in [1.29, 1.82) is 0 Å². The second-order valence-electron chi connectivity index (χ2n) is 6.86. The monoisotopic (exact) mass is 310 g/mol. The Kier molecular flexibility index (Phi) is 6.46. The van der Waals surface area contributed by atoms with Gasteiger partial charge in [-0.25, -0.2) is 0 Å². The Labute approximate surface area is 134 Å². The largest absolute Gasteiger partial charge is 0.393 e. The molecule has 0 unspecified atom stereocenters. The molecule has 2 fully saturated rings. The van der Waals surface area contributed by atoms with E-state index in [0.717, 1.165) is 44.7 Å². The third-order valence-corrected chi connectivity index (χ3v) is 5.70. The van der Waals surface area contributed by atoms with E-state index in [1.807, 2.05) is 0 Å². The summed E-state index contributed by atoms with van der Waals surface area (Å²) in [5.74, 6) is 1.89. The number of amides is 1. The Morgan fingerprint density at radius 2 is 1.71 bits per heavy atom. The Morgan fingerprint density at radius 3 is 2.24 bits per heavy atom. The van der Waals surface area contributed by atoms with Crippen molar-refractivity contribution in [3.8, 4) is 0 Å². The van der Waals surface area contributed by atoms with Gasteiger partial charge >= 0.3 is 0 Å². The summed E-state index contributed by atoms with van der Waals surface area (Å²) in [5, 5.41) is 0. The number of piperidine rings is 1. The highest BCUT2D eigenvalue weighted by Gasteiger charge is 2.31. The molecule has 1 aliphatic heterocycles. The fourth-order valence-corrected chi connectivity index (χ4v) is 4.07. The molecule has 2 aliphatic rings. The number of carbonyl (C=O) groups excluding carboxylic acids is 1. The molecule has 1 saturated heterocycles. The molecule has 2 N–H and O–H groups in total. The van der Waals surface area contributed by atoms with Gasteiger partial charge in [0.05, 0.1) is 4.99 Å². The average Bonchev–Trinajstić information content (AvgIpc) is 2.53. The first-order valence-corrected chi connectivity index (χ1v) is 9.10. The summed E-state index contributed by atoms with van der Waals surface area (Å²) >= 11 is 5.07. The lowest BCUT2D eigenvalue weighted by Crippen LogP contribution is -2.44. The summed E-state index contributed by atoms with van der Waals surface area (Å²) in [6.07, 6.45) is 10.6. The molecule has 1 saturated carbocycles. The number of hydrogen-bond donors (Lipinski definition) is 1. The Balaban J connectivity index is 1.74. The van der Waals surface area contributed by atoms with E-state index in [1.165, 1.54) is 32.1 Å². The maximum atomic E-state index is 12.6. The van der Waals surface area contributed by atoms with E-state index in [0.29, 0.717) is 16.8 Å². The Morgan fingerprint density at radius 1 is 1.10 bits per heavy atom. The van der Waals surface area contributed by atoms with Crippen LogP contribution >= 0.6 is 12.2 Å². The van der Waals surface area contributed by atoms with Gasteiger partial charge in [-0.05, 0) is 44.4 Å². The van der Waals surface area contributed by atoms with E-state index in [4.69, 9.17) is 18.0 Å². The van der Waals surface area contributed by atoms with E-state index in [2.05, 4.69) is 11.8 Å². The number of rotatable bonds is 5. The van der Waals surface area contributed by atoms with Crippen LogP contribution in [0.15, 0.2) is 0 Å². The minimum atomic E-state index is 0.282. The molecule has 3 nitrogen and oxygen atoms in total. The van der Waals surface area contributed by atoms with Gasteiger partial charge in [-0.15, -0.1) is 0 Å². The first kappa shape index (κ1) is 16.7. The number of thiocarbonyl (C=S) groups is 1. The molecular formula is C17H30N2OS. The zero-order chi connectivity index (χ0) is 15.2. The second kappa shape index (κ2) is 8.11. The minimum Gasteiger partial charge on any atom is -0.393 e. The number of likely N-dealkylation sites (tertiary alicyclic amines) is 1. The van der Waals surface area contributed by atoms with Crippen molar-refractivity contribution in [2.75, 3.05) is 13.1 Å². The molecule has 4 heteroatoms. The van der Waals surface area contributed by atoms with Crippen LogP contribution in [-0.4, -0.2) is 28.9 Å². The van der Waals surface area contributed by atoms with Crippen molar-refractivity contribution in [1.82, 2.24) is 4.90 Å². The fourth-order valence-electron chi connectivity index (χ4n) is 3.83. The molecule has 0 aromatic heterocycles. The van der Waals surface area contributed by atoms with Crippen molar-refractivity contribution >= 4 is 23.1 Å². The summed E-state index contributed by atoms with van der Waals surface area (Å²) in [7, 11) is 0. The predicted octanol–water partition coefficient (Wildman–Crippen LogP) is 3.51. The Bertz CT molecular complexity index is 356. The molecule has 0 radical (unpaired) electrons. The molecule has 2 rings (SSSR count). The number of hydrogen-bond acceptors (Lipinski definition) is 2. The highest BCUT2D eigenvalue weighted by atomic mass is 32.1. The smallest absolute Gasteiger partial charge is 0.225 e. The van der Waals surface area contributed by atoms with Crippen LogP contribution in [-0.2, 0) is 4.79 Å². The van der Waals surface area contributed by atoms with Crippen molar-refractivity contribution in [2.24, 2.45) is 23.5 Å². The third kappa shape index (κ3) is 4.67. The Hall–Kier alpha value is -0.640. The van der Waals surface area contributed by atoms with Crippen molar-refractivity contribution in [2.45, 2.75) is 64.7 Å². The van der Waals surface area contributed by atoms with Gasteiger partial charge in [-0.2, -0.15) is 0 Å². The zero-order valence-corrected chi connectivity index (χ0v) is 14.2. The van der Waals surface area contributed by atoms with Crippen molar-refractivity contribution < 1.29 is 4.79 Å². The molecule has 0 aromatic rings. The van der Waals surface area contributed by atoms with Crippen molar-refractivity contribution in [3.05, 3.63) is 0 Å². The number of unbranched alkanes of at least 4 members (excludes halogenated alkanes) is 1. The van der Waals surface area contributed by atoms with Crippen LogP contribution in [0.2, 0.25) is 0 Å². The van der Waals surface area contributed by atoms with E-state index >= 15 is 0 Å². The van der Waals surface area contributed by atoms with Crippen LogP contribution in [0.25, 0.3) is 0 Å². The second-order valence-corrected chi connectivity index (χ2v) is 7.33. The van der Waals surface area contributed by atoms with E-state index < -0.39 is 0 Å². The molecule has 21 heavy (non-hydrogen) atoms. The quantitative estimate of drug-likeness (QED) is 0.790. The average molecular weight is 311 g/mol. The van der Waals surface area contributed by atoms with E-state index in [9.17, 15) is 4.79 Å². The first-order chi connectivity index (χ1) is 10.1. The van der Waals surface area contributed by atoms with Gasteiger partial charge < -0.3 is 10.6 Å². The van der Waals surface area contributed by atoms with Crippen LogP contribution < -0.4 is 5.73 Å². The van der Waals surface area contributed by atoms with Crippen LogP contribution in [0, 0.1) is 17.8 Å². The molecule has 0 bridgehead atoms. The fraction of sp³-hybridized carbons (Fsp3) is 0.882. The lowest BCUT2D eigenvalue weighted by atomic mass is 9.79. The normalized spacial score (nSPS) is 27.6. The van der Waals surface area contributed by atoms with Crippen LogP contribution in [0.5, 0.6) is 0 Å². The standard InChI is InChI=1S/C17H30N2OS/c1-2-3-4-13-5-7-15(8-6-13)17(20)19-11-9-14(10-12-19)16(18)21/h13-15H,2-12H2,1H3,(H2,18,21). The molecule has 0 spiro atoms. The molecule has 120 valence electrons. The summed E-state index contributed by atoms with van der Waals surface area (Å²) in [6, 6.07) is 0. The number of nitrogens with two attached hydrogens (primary N) is 1. The lowest BCUT2D eigenvalue weighted by Gasteiger charge is -2.36. The minimum absolute atomic E-state index is 0.282. The number of nitrogens with zero attached hydrogens (tertiary/aromatic N) is 1. The van der Waals surface area contributed by atoms with Crippen molar-refractivity contribution in [3.63, 3.8) is 0 Å². The van der Waals surface area contributed by atoms with E-state index in [-0.39, 0.29) is 5.92 Å².